The summed E-state index contributed by atoms with van der Waals surface area (Å²) in [6.45, 7) is -0.0240. The van der Waals surface area contributed by atoms with Crippen LogP contribution in [0.5, 0.6) is 5.88 Å². The second-order valence-corrected chi connectivity index (χ2v) is 5.43. The number of thiophene rings is 1. The molecule has 9 heteroatoms. The molecule has 0 aliphatic rings. The summed E-state index contributed by atoms with van der Waals surface area (Å²) in [5, 5.41) is 11.3. The molecule has 2 heterocycles. The molecular formula is C14H10F3N3O2S. The van der Waals surface area contributed by atoms with Gasteiger partial charge in [0.25, 0.3) is 5.91 Å². The Balaban J connectivity index is 2.10. The maximum absolute atomic E-state index is 12.5. The van der Waals surface area contributed by atoms with Gasteiger partial charge in [-0.1, -0.05) is 0 Å². The van der Waals surface area contributed by atoms with Crippen molar-refractivity contribution >= 4 is 17.2 Å². The average Bonchev–Trinajstić information content (AvgIpc) is 3.02. The SMILES string of the molecule is COc1ncc(C#N)cc1CNC(=O)c1ccc(C(F)(F)F)s1. The second-order valence-electron chi connectivity index (χ2n) is 4.35. The number of carbonyl (C=O) groups excluding carboxylic acids is 1. The maximum Gasteiger partial charge on any atom is 0.425 e. The van der Waals surface area contributed by atoms with E-state index >= 15 is 0 Å². The third kappa shape index (κ3) is 3.98. The number of rotatable bonds is 4. The van der Waals surface area contributed by atoms with Gasteiger partial charge in [0.05, 0.1) is 17.6 Å². The molecule has 0 radical (unpaired) electrons. The number of pyridine rings is 1. The van der Waals surface area contributed by atoms with Crippen LogP contribution in [0.1, 0.15) is 25.7 Å². The fourth-order valence-electron chi connectivity index (χ4n) is 1.74. The molecule has 2 aromatic heterocycles. The molecule has 2 rings (SSSR count). The third-order valence-electron chi connectivity index (χ3n) is 2.80. The van der Waals surface area contributed by atoms with Gasteiger partial charge in [-0.3, -0.25) is 4.79 Å². The molecule has 0 saturated carbocycles. The number of amides is 1. The molecule has 0 saturated heterocycles. The topological polar surface area (TPSA) is 75.0 Å². The van der Waals surface area contributed by atoms with E-state index in [1.165, 1.54) is 19.4 Å². The Kier molecular flexibility index (Phi) is 4.86. The van der Waals surface area contributed by atoms with Crippen LogP contribution >= 0.6 is 11.3 Å². The van der Waals surface area contributed by atoms with Gasteiger partial charge in [0.15, 0.2) is 0 Å². The van der Waals surface area contributed by atoms with E-state index in [-0.39, 0.29) is 22.9 Å². The first-order valence-electron chi connectivity index (χ1n) is 6.23. The molecule has 23 heavy (non-hydrogen) atoms. The number of nitriles is 1. The predicted octanol–water partition coefficient (Wildman–Crippen LogP) is 2.97. The average molecular weight is 341 g/mol. The highest BCUT2D eigenvalue weighted by Gasteiger charge is 2.33. The van der Waals surface area contributed by atoms with Gasteiger partial charge in [0.1, 0.15) is 10.9 Å². The van der Waals surface area contributed by atoms with E-state index in [9.17, 15) is 18.0 Å². The first kappa shape index (κ1) is 16.8. The van der Waals surface area contributed by atoms with Gasteiger partial charge in [0, 0.05) is 18.3 Å². The highest BCUT2D eigenvalue weighted by Crippen LogP contribution is 2.34. The van der Waals surface area contributed by atoms with Crippen molar-refractivity contribution in [1.29, 1.82) is 5.26 Å². The van der Waals surface area contributed by atoms with E-state index in [1.54, 1.807) is 0 Å². The molecule has 0 bridgehead atoms. The number of ether oxygens (including phenoxy) is 1. The van der Waals surface area contributed by atoms with E-state index in [0.717, 1.165) is 12.1 Å². The third-order valence-corrected chi connectivity index (χ3v) is 3.93. The van der Waals surface area contributed by atoms with Gasteiger partial charge in [-0.05, 0) is 18.2 Å². The van der Waals surface area contributed by atoms with Crippen LogP contribution in [0.4, 0.5) is 13.2 Å². The van der Waals surface area contributed by atoms with Gasteiger partial charge in [-0.2, -0.15) is 18.4 Å². The van der Waals surface area contributed by atoms with Crippen molar-refractivity contribution in [1.82, 2.24) is 10.3 Å². The molecule has 0 aliphatic heterocycles. The van der Waals surface area contributed by atoms with Crippen molar-refractivity contribution in [3.8, 4) is 11.9 Å². The van der Waals surface area contributed by atoms with Crippen LogP contribution in [0.3, 0.4) is 0 Å². The fourth-order valence-corrected chi connectivity index (χ4v) is 2.53. The van der Waals surface area contributed by atoms with Crippen LogP contribution in [-0.2, 0) is 12.7 Å². The first-order chi connectivity index (χ1) is 10.8. The van der Waals surface area contributed by atoms with Gasteiger partial charge in [0.2, 0.25) is 5.88 Å². The number of methoxy groups -OCH3 is 1. The summed E-state index contributed by atoms with van der Waals surface area (Å²) in [4.78, 5) is 14.9. The lowest BCUT2D eigenvalue weighted by Crippen LogP contribution is -2.22. The van der Waals surface area contributed by atoms with E-state index < -0.39 is 17.0 Å². The molecular weight excluding hydrogens is 331 g/mol. The molecule has 0 atom stereocenters. The quantitative estimate of drug-likeness (QED) is 0.928. The molecule has 0 aromatic carbocycles. The number of aromatic nitrogens is 1. The lowest BCUT2D eigenvalue weighted by molar-refractivity contribution is -0.134. The molecule has 0 unspecified atom stereocenters. The molecule has 1 N–H and O–H groups in total. The minimum Gasteiger partial charge on any atom is -0.481 e. The summed E-state index contributed by atoms with van der Waals surface area (Å²) in [6.07, 6.45) is -3.16. The van der Waals surface area contributed by atoms with Gasteiger partial charge < -0.3 is 10.1 Å². The Bertz CT molecular complexity index is 765. The maximum atomic E-state index is 12.5. The first-order valence-corrected chi connectivity index (χ1v) is 7.05. The van der Waals surface area contributed by atoms with Crippen molar-refractivity contribution in [2.24, 2.45) is 0 Å². The van der Waals surface area contributed by atoms with E-state index in [1.807, 2.05) is 6.07 Å². The van der Waals surface area contributed by atoms with Gasteiger partial charge in [-0.15, -0.1) is 11.3 Å². The normalized spacial score (nSPS) is 10.9. The van der Waals surface area contributed by atoms with Crippen LogP contribution in [0.2, 0.25) is 0 Å². The summed E-state index contributed by atoms with van der Waals surface area (Å²) in [5.74, 6) is -0.415. The van der Waals surface area contributed by atoms with E-state index in [0.29, 0.717) is 16.9 Å². The zero-order valence-corrected chi connectivity index (χ0v) is 12.6. The predicted molar refractivity (Wildman–Crippen MR) is 76.0 cm³/mol. The second kappa shape index (κ2) is 6.66. The smallest absolute Gasteiger partial charge is 0.425 e. The summed E-state index contributed by atoms with van der Waals surface area (Å²) in [6, 6.07) is 5.37. The lowest BCUT2D eigenvalue weighted by Gasteiger charge is -2.08. The molecule has 5 nitrogen and oxygen atoms in total. The summed E-state index contributed by atoms with van der Waals surface area (Å²) < 4.78 is 42.6. The summed E-state index contributed by atoms with van der Waals surface area (Å²) in [7, 11) is 1.38. The fraction of sp³-hybridized carbons (Fsp3) is 0.214. The van der Waals surface area contributed by atoms with Crippen LogP contribution in [0, 0.1) is 11.3 Å². The molecule has 120 valence electrons. The number of carbonyl (C=O) groups is 1. The van der Waals surface area contributed by atoms with E-state index in [4.69, 9.17) is 10.00 Å². The Morgan fingerprint density at radius 2 is 2.22 bits per heavy atom. The number of alkyl halides is 3. The summed E-state index contributed by atoms with van der Waals surface area (Å²) >= 11 is 0.364. The number of nitrogens with zero attached hydrogens (tertiary/aromatic N) is 2. The van der Waals surface area contributed by atoms with Gasteiger partial charge in [-0.25, -0.2) is 4.98 Å². The number of hydrogen-bond acceptors (Lipinski definition) is 5. The minimum absolute atomic E-state index is 0.0240. The van der Waals surface area contributed by atoms with Crippen molar-refractivity contribution in [2.45, 2.75) is 12.7 Å². The minimum atomic E-state index is -4.47. The molecule has 2 aromatic rings. The van der Waals surface area contributed by atoms with Crippen molar-refractivity contribution in [2.75, 3.05) is 7.11 Å². The van der Waals surface area contributed by atoms with Crippen LogP contribution < -0.4 is 10.1 Å². The molecule has 0 spiro atoms. The zero-order valence-electron chi connectivity index (χ0n) is 11.8. The molecule has 0 aliphatic carbocycles. The van der Waals surface area contributed by atoms with Crippen molar-refractivity contribution in [3.63, 3.8) is 0 Å². The van der Waals surface area contributed by atoms with Crippen molar-refractivity contribution < 1.29 is 22.7 Å². The number of hydrogen-bond donors (Lipinski definition) is 1. The number of halogens is 3. The highest BCUT2D eigenvalue weighted by atomic mass is 32.1. The Morgan fingerprint density at radius 3 is 2.78 bits per heavy atom. The standard InChI is InChI=1S/C14H10F3N3O2S/c1-22-13-9(4-8(5-18)6-20-13)7-19-12(21)10-2-3-11(23-10)14(15,16)17/h2-4,6H,7H2,1H3,(H,19,21). The van der Waals surface area contributed by atoms with Crippen LogP contribution in [-0.4, -0.2) is 18.0 Å². The van der Waals surface area contributed by atoms with E-state index in [2.05, 4.69) is 10.3 Å². The van der Waals surface area contributed by atoms with Gasteiger partial charge >= 0.3 is 6.18 Å². The molecule has 1 amide bonds. The number of nitrogens with one attached hydrogen (secondary N) is 1. The monoisotopic (exact) mass is 341 g/mol. The Hall–Kier alpha value is -2.60. The Labute approximate surface area is 133 Å². The van der Waals surface area contributed by atoms with Crippen LogP contribution in [0.15, 0.2) is 24.4 Å². The largest absolute Gasteiger partial charge is 0.481 e. The molecule has 0 fully saturated rings. The lowest BCUT2D eigenvalue weighted by atomic mass is 10.2. The zero-order chi connectivity index (χ0) is 17.0. The Morgan fingerprint density at radius 1 is 1.48 bits per heavy atom. The van der Waals surface area contributed by atoms with Crippen molar-refractivity contribution in [3.05, 3.63) is 45.3 Å². The highest BCUT2D eigenvalue weighted by molar-refractivity contribution is 7.14. The van der Waals surface area contributed by atoms with Crippen LogP contribution in [0.25, 0.3) is 0 Å². The summed E-state index contributed by atoms with van der Waals surface area (Å²) in [5.41, 5.74) is 0.734.